The fraction of sp³-hybridized carbons (Fsp3) is 0.727. The molecular formula is C11H21N3O. The zero-order valence-electron chi connectivity index (χ0n) is 9.70. The average Bonchev–Trinajstić information content (AvgIpc) is 2.62. The molecule has 1 fully saturated rings. The minimum Gasteiger partial charge on any atom is -0.349 e. The Hall–Kier alpha value is -0.870. The van der Waals surface area contributed by atoms with Crippen molar-refractivity contribution in [1.82, 2.24) is 15.1 Å². The Bertz CT molecular complexity index is 228. The smallest absolute Gasteiger partial charge is 0.243 e. The minimum absolute atomic E-state index is 0.0607. The van der Waals surface area contributed by atoms with Crippen LogP contribution in [0.15, 0.2) is 12.7 Å². The first kappa shape index (κ1) is 12.2. The van der Waals surface area contributed by atoms with Crippen LogP contribution in [0.25, 0.3) is 0 Å². The van der Waals surface area contributed by atoms with E-state index in [4.69, 9.17) is 0 Å². The number of likely N-dealkylation sites (tertiary alicyclic amines) is 1. The fourth-order valence-corrected chi connectivity index (χ4v) is 1.76. The molecule has 1 N–H and O–H groups in total. The summed E-state index contributed by atoms with van der Waals surface area (Å²) in [6.45, 7) is 7.64. The van der Waals surface area contributed by atoms with Gasteiger partial charge in [0.2, 0.25) is 5.91 Å². The molecule has 0 bridgehead atoms. The van der Waals surface area contributed by atoms with Crippen LogP contribution < -0.4 is 5.32 Å². The summed E-state index contributed by atoms with van der Waals surface area (Å²) in [5, 5.41) is 2.93. The molecule has 0 aromatic rings. The van der Waals surface area contributed by atoms with Crippen LogP contribution in [0.2, 0.25) is 0 Å². The van der Waals surface area contributed by atoms with E-state index in [-0.39, 0.29) is 5.91 Å². The maximum atomic E-state index is 11.1. The van der Waals surface area contributed by atoms with Crippen LogP contribution in [0, 0.1) is 0 Å². The summed E-state index contributed by atoms with van der Waals surface area (Å²) in [5.41, 5.74) is 0. The lowest BCUT2D eigenvalue weighted by Gasteiger charge is -2.18. The average molecular weight is 211 g/mol. The van der Waals surface area contributed by atoms with Gasteiger partial charge in [0.25, 0.3) is 0 Å². The summed E-state index contributed by atoms with van der Waals surface area (Å²) in [6.07, 6.45) is 2.38. The van der Waals surface area contributed by atoms with E-state index in [1.807, 2.05) is 0 Å². The van der Waals surface area contributed by atoms with Crippen molar-refractivity contribution < 1.29 is 4.79 Å². The third-order valence-corrected chi connectivity index (χ3v) is 2.67. The SMILES string of the molecule is C=CC(=O)N[C@@H]1CCN(CCN(C)C)C1. The first-order valence-corrected chi connectivity index (χ1v) is 5.42. The molecule has 1 amide bonds. The highest BCUT2D eigenvalue weighted by Crippen LogP contribution is 2.08. The van der Waals surface area contributed by atoms with Crippen LogP contribution in [0.4, 0.5) is 0 Å². The molecule has 0 unspecified atom stereocenters. The maximum Gasteiger partial charge on any atom is 0.243 e. The number of rotatable bonds is 5. The number of carbonyl (C=O) groups excluding carboxylic acids is 1. The Morgan fingerprint density at radius 1 is 1.67 bits per heavy atom. The van der Waals surface area contributed by atoms with Crippen LogP contribution in [0.5, 0.6) is 0 Å². The van der Waals surface area contributed by atoms with E-state index in [0.29, 0.717) is 6.04 Å². The molecule has 4 heteroatoms. The molecule has 0 spiro atoms. The van der Waals surface area contributed by atoms with E-state index in [0.717, 1.165) is 32.6 Å². The molecular weight excluding hydrogens is 190 g/mol. The monoisotopic (exact) mass is 211 g/mol. The van der Waals surface area contributed by atoms with Gasteiger partial charge in [0.05, 0.1) is 0 Å². The Labute approximate surface area is 91.9 Å². The number of amides is 1. The van der Waals surface area contributed by atoms with Gasteiger partial charge in [0.1, 0.15) is 0 Å². The molecule has 1 rings (SSSR count). The number of nitrogens with one attached hydrogen (secondary N) is 1. The topological polar surface area (TPSA) is 35.6 Å². The van der Waals surface area contributed by atoms with Gasteiger partial charge in [0, 0.05) is 32.2 Å². The van der Waals surface area contributed by atoms with Crippen LogP contribution in [0.1, 0.15) is 6.42 Å². The molecule has 1 aliphatic rings. The Balaban J connectivity index is 2.20. The molecule has 0 aliphatic carbocycles. The van der Waals surface area contributed by atoms with Gasteiger partial charge in [-0.05, 0) is 26.6 Å². The van der Waals surface area contributed by atoms with E-state index >= 15 is 0 Å². The van der Waals surface area contributed by atoms with Gasteiger partial charge in [-0.1, -0.05) is 6.58 Å². The van der Waals surface area contributed by atoms with E-state index in [1.165, 1.54) is 6.08 Å². The zero-order valence-corrected chi connectivity index (χ0v) is 9.70. The van der Waals surface area contributed by atoms with Gasteiger partial charge in [0.15, 0.2) is 0 Å². The third kappa shape index (κ3) is 4.44. The number of hydrogen-bond donors (Lipinski definition) is 1. The second-order valence-corrected chi connectivity index (χ2v) is 4.30. The van der Waals surface area contributed by atoms with Crippen LogP contribution in [-0.4, -0.2) is 62.0 Å². The zero-order chi connectivity index (χ0) is 11.3. The maximum absolute atomic E-state index is 11.1. The highest BCUT2D eigenvalue weighted by atomic mass is 16.1. The first-order valence-electron chi connectivity index (χ1n) is 5.42. The molecule has 1 aliphatic heterocycles. The van der Waals surface area contributed by atoms with Crippen molar-refractivity contribution in [3.05, 3.63) is 12.7 Å². The molecule has 1 heterocycles. The van der Waals surface area contributed by atoms with Crippen LogP contribution >= 0.6 is 0 Å². The second kappa shape index (κ2) is 5.88. The van der Waals surface area contributed by atoms with Crippen molar-refractivity contribution in [2.24, 2.45) is 0 Å². The van der Waals surface area contributed by atoms with Gasteiger partial charge in [-0.2, -0.15) is 0 Å². The van der Waals surface area contributed by atoms with Crippen LogP contribution in [0.3, 0.4) is 0 Å². The molecule has 0 saturated carbocycles. The number of likely N-dealkylation sites (N-methyl/N-ethyl adjacent to an activating group) is 1. The standard InChI is InChI=1S/C11H21N3O/c1-4-11(15)12-10-5-6-14(9-10)8-7-13(2)3/h4,10H,1,5-9H2,2-3H3,(H,12,15)/t10-/m1/s1. The Kier molecular flexibility index (Phi) is 4.78. The van der Waals surface area contributed by atoms with E-state index in [9.17, 15) is 4.79 Å². The summed E-state index contributed by atoms with van der Waals surface area (Å²) in [4.78, 5) is 15.6. The molecule has 0 aromatic carbocycles. The summed E-state index contributed by atoms with van der Waals surface area (Å²) in [6, 6.07) is 0.303. The van der Waals surface area contributed by atoms with Crippen molar-refractivity contribution in [2.45, 2.75) is 12.5 Å². The summed E-state index contributed by atoms with van der Waals surface area (Å²) >= 11 is 0. The highest BCUT2D eigenvalue weighted by Gasteiger charge is 2.22. The van der Waals surface area contributed by atoms with Crippen molar-refractivity contribution in [3.8, 4) is 0 Å². The van der Waals surface area contributed by atoms with Crippen molar-refractivity contribution in [3.63, 3.8) is 0 Å². The lowest BCUT2D eigenvalue weighted by Crippen LogP contribution is -2.37. The third-order valence-electron chi connectivity index (χ3n) is 2.67. The Morgan fingerprint density at radius 2 is 2.40 bits per heavy atom. The van der Waals surface area contributed by atoms with Gasteiger partial charge >= 0.3 is 0 Å². The van der Waals surface area contributed by atoms with E-state index in [1.54, 1.807) is 0 Å². The predicted molar refractivity (Wildman–Crippen MR) is 61.7 cm³/mol. The van der Waals surface area contributed by atoms with Gasteiger partial charge in [-0.3, -0.25) is 9.69 Å². The molecule has 0 aromatic heterocycles. The molecule has 1 saturated heterocycles. The Morgan fingerprint density at radius 3 is 3.00 bits per heavy atom. The second-order valence-electron chi connectivity index (χ2n) is 4.30. The number of nitrogens with zero attached hydrogens (tertiary/aromatic N) is 2. The van der Waals surface area contributed by atoms with Crippen LogP contribution in [-0.2, 0) is 4.79 Å². The van der Waals surface area contributed by atoms with Gasteiger partial charge in [-0.15, -0.1) is 0 Å². The lowest BCUT2D eigenvalue weighted by atomic mass is 10.2. The predicted octanol–water partition coefficient (Wildman–Crippen LogP) is -0.0755. The summed E-state index contributed by atoms with van der Waals surface area (Å²) < 4.78 is 0. The molecule has 0 radical (unpaired) electrons. The van der Waals surface area contributed by atoms with Crippen molar-refractivity contribution in [1.29, 1.82) is 0 Å². The molecule has 15 heavy (non-hydrogen) atoms. The quantitative estimate of drug-likeness (QED) is 0.646. The van der Waals surface area contributed by atoms with Gasteiger partial charge < -0.3 is 10.2 Å². The number of hydrogen-bond acceptors (Lipinski definition) is 3. The van der Waals surface area contributed by atoms with E-state index < -0.39 is 0 Å². The molecule has 86 valence electrons. The van der Waals surface area contributed by atoms with Crippen molar-refractivity contribution >= 4 is 5.91 Å². The molecule has 4 nitrogen and oxygen atoms in total. The minimum atomic E-state index is -0.0607. The summed E-state index contributed by atoms with van der Waals surface area (Å²) in [7, 11) is 4.15. The molecule has 1 atom stereocenters. The van der Waals surface area contributed by atoms with Gasteiger partial charge in [-0.25, -0.2) is 0 Å². The first-order chi connectivity index (χ1) is 7.11. The normalized spacial score (nSPS) is 21.9. The fourth-order valence-electron chi connectivity index (χ4n) is 1.76. The number of carbonyl (C=O) groups is 1. The van der Waals surface area contributed by atoms with Crippen molar-refractivity contribution in [2.75, 3.05) is 40.3 Å². The summed E-state index contributed by atoms with van der Waals surface area (Å²) in [5.74, 6) is -0.0607. The highest BCUT2D eigenvalue weighted by molar-refractivity contribution is 5.87. The van der Waals surface area contributed by atoms with E-state index in [2.05, 4.69) is 35.8 Å². The lowest BCUT2D eigenvalue weighted by molar-refractivity contribution is -0.117. The largest absolute Gasteiger partial charge is 0.349 e.